The van der Waals surface area contributed by atoms with Gasteiger partial charge in [-0.05, 0) is 43.6 Å². The van der Waals surface area contributed by atoms with Crippen LogP contribution in [-0.4, -0.2) is 69.0 Å². The van der Waals surface area contributed by atoms with Gasteiger partial charge in [-0.25, -0.2) is 0 Å². The van der Waals surface area contributed by atoms with Crippen LogP contribution < -0.4 is 5.32 Å². The second kappa shape index (κ2) is 8.16. The fourth-order valence-electron chi connectivity index (χ4n) is 5.53. The minimum absolute atomic E-state index is 0.0133. The maximum absolute atomic E-state index is 13.0. The van der Waals surface area contributed by atoms with E-state index >= 15 is 0 Å². The molecule has 0 spiro atoms. The Labute approximate surface area is 171 Å². The lowest BCUT2D eigenvalue weighted by Crippen LogP contribution is -2.67. The average molecular weight is 402 g/mol. The summed E-state index contributed by atoms with van der Waals surface area (Å²) in [5.74, 6) is 0.872. The predicted molar refractivity (Wildman–Crippen MR) is 107 cm³/mol. The molecule has 3 fully saturated rings. The first-order valence-corrected chi connectivity index (χ1v) is 10.7. The number of amides is 3. The van der Waals surface area contributed by atoms with Crippen molar-refractivity contribution in [3.8, 4) is 0 Å². The van der Waals surface area contributed by atoms with Gasteiger partial charge < -0.3 is 15.1 Å². The zero-order valence-electron chi connectivity index (χ0n) is 17.3. The molecule has 0 radical (unpaired) electrons. The Morgan fingerprint density at radius 3 is 2.79 bits per heavy atom. The number of hydrogen-bond donors (Lipinski definition) is 1. The molecule has 8 nitrogen and oxygen atoms in total. The van der Waals surface area contributed by atoms with Gasteiger partial charge in [-0.1, -0.05) is 0 Å². The maximum Gasteiger partial charge on any atom is 0.223 e. The van der Waals surface area contributed by atoms with Gasteiger partial charge in [-0.2, -0.15) is 5.10 Å². The van der Waals surface area contributed by atoms with Gasteiger partial charge in [0.1, 0.15) is 0 Å². The lowest BCUT2D eigenvalue weighted by molar-refractivity contribution is -0.156. The molecule has 1 N–H and O–H groups in total. The molecule has 1 aromatic rings. The zero-order valence-corrected chi connectivity index (χ0v) is 17.3. The van der Waals surface area contributed by atoms with Crippen molar-refractivity contribution in [1.82, 2.24) is 24.9 Å². The third kappa shape index (κ3) is 4.02. The van der Waals surface area contributed by atoms with E-state index in [4.69, 9.17) is 0 Å². The molecule has 29 heavy (non-hydrogen) atoms. The largest absolute Gasteiger partial charge is 0.354 e. The summed E-state index contributed by atoms with van der Waals surface area (Å²) < 4.78 is 1.81. The summed E-state index contributed by atoms with van der Waals surface area (Å²) in [6, 6.07) is 2.13. The number of carbonyl (C=O) groups is 3. The van der Waals surface area contributed by atoms with Crippen molar-refractivity contribution in [3.63, 3.8) is 0 Å². The van der Waals surface area contributed by atoms with E-state index in [1.54, 1.807) is 6.20 Å². The van der Waals surface area contributed by atoms with Crippen molar-refractivity contribution < 1.29 is 14.4 Å². The molecule has 0 saturated carbocycles. The van der Waals surface area contributed by atoms with Gasteiger partial charge in [-0.3, -0.25) is 19.1 Å². The van der Waals surface area contributed by atoms with E-state index in [1.165, 1.54) is 6.92 Å². The Hall–Kier alpha value is -2.38. The second-order valence-electron chi connectivity index (χ2n) is 8.77. The highest BCUT2D eigenvalue weighted by atomic mass is 16.2. The van der Waals surface area contributed by atoms with Gasteiger partial charge in [0.25, 0.3) is 0 Å². The zero-order chi connectivity index (χ0) is 20.5. The van der Waals surface area contributed by atoms with Gasteiger partial charge in [0.15, 0.2) is 0 Å². The first kappa shape index (κ1) is 19.9. The number of hydrogen-bond acceptors (Lipinski definition) is 4. The van der Waals surface area contributed by atoms with Crippen molar-refractivity contribution >= 4 is 17.7 Å². The van der Waals surface area contributed by atoms with Gasteiger partial charge in [0.2, 0.25) is 17.7 Å². The maximum atomic E-state index is 13.0. The molecule has 4 rings (SSSR count). The van der Waals surface area contributed by atoms with Crippen molar-refractivity contribution in [2.45, 2.75) is 57.5 Å². The molecule has 3 aliphatic rings. The summed E-state index contributed by atoms with van der Waals surface area (Å²) in [7, 11) is 1.90. The van der Waals surface area contributed by atoms with E-state index in [-0.39, 0.29) is 35.7 Å². The van der Waals surface area contributed by atoms with Crippen LogP contribution in [-0.2, 0) is 27.9 Å². The van der Waals surface area contributed by atoms with Crippen LogP contribution in [0.15, 0.2) is 12.3 Å². The highest BCUT2D eigenvalue weighted by Crippen LogP contribution is 2.41. The molecule has 158 valence electrons. The van der Waals surface area contributed by atoms with Gasteiger partial charge in [0, 0.05) is 64.4 Å². The average Bonchev–Trinajstić information content (AvgIpc) is 3.11. The van der Waals surface area contributed by atoms with Crippen LogP contribution in [0.1, 0.15) is 44.7 Å². The van der Waals surface area contributed by atoms with E-state index in [0.717, 1.165) is 31.5 Å². The van der Waals surface area contributed by atoms with Crippen LogP contribution in [0.2, 0.25) is 0 Å². The van der Waals surface area contributed by atoms with Crippen LogP contribution in [0.5, 0.6) is 0 Å². The SMILES string of the molecule is CC(=O)NC[C@H]1[C@H]2C[C@H](CN(C(=O)CCc3ccnn3C)C2)[C@@H]2CCCC(=O)N21. The fourth-order valence-corrected chi connectivity index (χ4v) is 5.53. The molecule has 1 aromatic heterocycles. The first-order valence-electron chi connectivity index (χ1n) is 10.7. The van der Waals surface area contributed by atoms with Gasteiger partial charge in [-0.15, -0.1) is 0 Å². The van der Waals surface area contributed by atoms with Crippen LogP contribution in [0, 0.1) is 11.8 Å². The Morgan fingerprint density at radius 1 is 1.28 bits per heavy atom. The molecule has 0 aromatic carbocycles. The molecule has 3 amide bonds. The predicted octanol–water partition coefficient (Wildman–Crippen LogP) is 0.717. The quantitative estimate of drug-likeness (QED) is 0.787. The van der Waals surface area contributed by atoms with Gasteiger partial charge in [0.05, 0.1) is 6.04 Å². The topological polar surface area (TPSA) is 87.5 Å². The summed E-state index contributed by atoms with van der Waals surface area (Å²) >= 11 is 0. The second-order valence-corrected chi connectivity index (χ2v) is 8.77. The number of fused-ring (bicyclic) bond motifs is 4. The minimum atomic E-state index is -0.0759. The van der Waals surface area contributed by atoms with Crippen molar-refractivity contribution in [2.75, 3.05) is 19.6 Å². The Bertz CT molecular complexity index is 791. The lowest BCUT2D eigenvalue weighted by atomic mass is 9.72. The van der Waals surface area contributed by atoms with Gasteiger partial charge >= 0.3 is 0 Å². The van der Waals surface area contributed by atoms with Crippen molar-refractivity contribution in [1.29, 1.82) is 0 Å². The van der Waals surface area contributed by atoms with Crippen molar-refractivity contribution in [3.05, 3.63) is 18.0 Å². The third-order valence-corrected chi connectivity index (χ3v) is 6.93. The summed E-state index contributed by atoms with van der Waals surface area (Å²) in [5, 5.41) is 7.09. The molecule has 4 heterocycles. The summed E-state index contributed by atoms with van der Waals surface area (Å²) in [5.41, 5.74) is 1.06. The van der Waals surface area contributed by atoms with E-state index in [0.29, 0.717) is 38.3 Å². The van der Waals surface area contributed by atoms with E-state index in [9.17, 15) is 14.4 Å². The molecule has 4 atom stereocenters. The number of piperidine rings is 3. The highest BCUT2D eigenvalue weighted by molar-refractivity contribution is 5.79. The standard InChI is InChI=1S/C21H31N5O3/c1-14(27)22-11-19-16-10-15(18-4-3-5-21(29)26(18)19)12-25(13-16)20(28)7-6-17-8-9-23-24(17)2/h8-9,15-16,18-19H,3-7,10-13H2,1-2H3,(H,22,27)/t15-,16+,18+,19+/m1/s1. The minimum Gasteiger partial charge on any atom is -0.354 e. The molecule has 3 aliphatic heterocycles. The molecule has 0 aliphatic carbocycles. The fraction of sp³-hybridized carbons (Fsp3) is 0.714. The molecule has 2 bridgehead atoms. The van der Waals surface area contributed by atoms with Crippen molar-refractivity contribution in [2.24, 2.45) is 18.9 Å². The van der Waals surface area contributed by atoms with Crippen LogP contribution in [0.4, 0.5) is 0 Å². The Balaban J connectivity index is 1.47. The number of carbonyl (C=O) groups excluding carboxylic acids is 3. The molecular weight excluding hydrogens is 370 g/mol. The first-order chi connectivity index (χ1) is 13.9. The van der Waals surface area contributed by atoms with E-state index in [2.05, 4.69) is 15.3 Å². The Kier molecular flexibility index (Phi) is 5.61. The molecule has 3 saturated heterocycles. The molecular formula is C21H31N5O3. The normalized spacial score (nSPS) is 28.8. The number of rotatable bonds is 5. The summed E-state index contributed by atoms with van der Waals surface area (Å²) in [4.78, 5) is 41.3. The number of aromatic nitrogens is 2. The smallest absolute Gasteiger partial charge is 0.223 e. The van der Waals surface area contributed by atoms with Crippen LogP contribution in [0.3, 0.4) is 0 Å². The van der Waals surface area contributed by atoms with Crippen LogP contribution >= 0.6 is 0 Å². The monoisotopic (exact) mass is 401 g/mol. The van der Waals surface area contributed by atoms with E-state index < -0.39 is 0 Å². The van der Waals surface area contributed by atoms with E-state index in [1.807, 2.05) is 22.7 Å². The Morgan fingerprint density at radius 2 is 2.07 bits per heavy atom. The third-order valence-electron chi connectivity index (χ3n) is 6.93. The number of likely N-dealkylation sites (tertiary alicyclic amines) is 1. The summed E-state index contributed by atoms with van der Waals surface area (Å²) in [6.45, 7) is 3.39. The number of nitrogens with zero attached hydrogens (tertiary/aromatic N) is 4. The number of aryl methyl sites for hydroxylation is 2. The highest BCUT2D eigenvalue weighted by Gasteiger charge is 2.49. The van der Waals surface area contributed by atoms with Crippen LogP contribution in [0.25, 0.3) is 0 Å². The molecule has 0 unspecified atom stereocenters. The lowest BCUT2D eigenvalue weighted by Gasteiger charge is -2.56. The number of nitrogens with one attached hydrogen (secondary N) is 1. The summed E-state index contributed by atoms with van der Waals surface area (Å²) in [6.07, 6.45) is 6.46. The molecule has 8 heteroatoms.